The van der Waals surface area contributed by atoms with Gasteiger partial charge in [-0.05, 0) is 57.3 Å². The molecule has 1 aromatic rings. The van der Waals surface area contributed by atoms with Crippen molar-refractivity contribution in [1.29, 1.82) is 0 Å². The molecular formula is C13H21N3. The maximum Gasteiger partial charge on any atom is 0.0422 e. The number of pyridine rings is 1. The van der Waals surface area contributed by atoms with Crippen LogP contribution in [0.5, 0.6) is 0 Å². The summed E-state index contributed by atoms with van der Waals surface area (Å²) < 4.78 is 0. The van der Waals surface area contributed by atoms with Crippen LogP contribution >= 0.6 is 0 Å². The maximum atomic E-state index is 4.28. The first-order chi connectivity index (χ1) is 7.77. The molecule has 0 radical (unpaired) electrons. The number of nitrogens with zero attached hydrogens (tertiary/aromatic N) is 1. The molecule has 1 aromatic heterocycles. The van der Waals surface area contributed by atoms with Crippen molar-refractivity contribution in [3.05, 3.63) is 23.5 Å². The van der Waals surface area contributed by atoms with E-state index < -0.39 is 0 Å². The third-order valence-corrected chi connectivity index (χ3v) is 3.50. The number of piperidine rings is 1. The molecule has 16 heavy (non-hydrogen) atoms. The Morgan fingerprint density at radius 3 is 2.88 bits per heavy atom. The quantitative estimate of drug-likeness (QED) is 0.817. The number of hydrogen-bond donors (Lipinski definition) is 2. The number of rotatable bonds is 3. The van der Waals surface area contributed by atoms with E-state index in [0.29, 0.717) is 0 Å². The third kappa shape index (κ3) is 2.73. The summed E-state index contributed by atoms with van der Waals surface area (Å²) in [6, 6.07) is 2.07. The van der Waals surface area contributed by atoms with E-state index in [2.05, 4.69) is 35.5 Å². The highest BCUT2D eigenvalue weighted by molar-refractivity contribution is 5.51. The monoisotopic (exact) mass is 219 g/mol. The molecule has 2 heterocycles. The number of nitrogens with one attached hydrogen (secondary N) is 2. The Labute approximate surface area is 97.7 Å². The average Bonchev–Trinajstić information content (AvgIpc) is 2.32. The van der Waals surface area contributed by atoms with Crippen molar-refractivity contribution in [2.24, 2.45) is 5.92 Å². The summed E-state index contributed by atoms with van der Waals surface area (Å²) in [5, 5.41) is 6.95. The van der Waals surface area contributed by atoms with Gasteiger partial charge in [-0.15, -0.1) is 0 Å². The Bertz CT molecular complexity index is 343. The molecule has 3 heteroatoms. The van der Waals surface area contributed by atoms with E-state index in [1.54, 1.807) is 0 Å². The Hall–Kier alpha value is -1.09. The van der Waals surface area contributed by atoms with Crippen LogP contribution in [-0.4, -0.2) is 24.6 Å². The minimum absolute atomic E-state index is 0.814. The van der Waals surface area contributed by atoms with Gasteiger partial charge in [0.15, 0.2) is 0 Å². The van der Waals surface area contributed by atoms with E-state index in [-0.39, 0.29) is 0 Å². The Balaban J connectivity index is 1.91. The molecule has 0 amide bonds. The zero-order chi connectivity index (χ0) is 11.4. The first kappa shape index (κ1) is 11.4. The summed E-state index contributed by atoms with van der Waals surface area (Å²) in [5.74, 6) is 0.814. The van der Waals surface area contributed by atoms with Crippen molar-refractivity contribution in [3.63, 3.8) is 0 Å². The predicted molar refractivity (Wildman–Crippen MR) is 67.8 cm³/mol. The number of anilines is 1. The van der Waals surface area contributed by atoms with Crippen molar-refractivity contribution in [3.8, 4) is 0 Å². The van der Waals surface area contributed by atoms with Crippen molar-refractivity contribution in [1.82, 2.24) is 10.3 Å². The lowest BCUT2D eigenvalue weighted by atomic mass is 9.98. The fourth-order valence-electron chi connectivity index (χ4n) is 2.17. The molecule has 1 aliphatic rings. The van der Waals surface area contributed by atoms with Gasteiger partial charge in [0.25, 0.3) is 0 Å². The lowest BCUT2D eigenvalue weighted by Crippen LogP contribution is -2.31. The molecule has 0 bridgehead atoms. The molecule has 1 aliphatic heterocycles. The topological polar surface area (TPSA) is 37.0 Å². The van der Waals surface area contributed by atoms with Crippen molar-refractivity contribution in [2.45, 2.75) is 26.7 Å². The van der Waals surface area contributed by atoms with E-state index >= 15 is 0 Å². The fraction of sp³-hybridized carbons (Fsp3) is 0.615. The van der Waals surface area contributed by atoms with E-state index in [4.69, 9.17) is 0 Å². The second-order valence-corrected chi connectivity index (χ2v) is 4.64. The summed E-state index contributed by atoms with van der Waals surface area (Å²) >= 11 is 0. The maximum absolute atomic E-state index is 4.28. The molecule has 0 aromatic carbocycles. The number of hydrogen-bond acceptors (Lipinski definition) is 3. The highest BCUT2D eigenvalue weighted by atomic mass is 14.9. The van der Waals surface area contributed by atoms with Crippen LogP contribution in [0.15, 0.2) is 12.3 Å². The number of aromatic nitrogens is 1. The zero-order valence-electron chi connectivity index (χ0n) is 10.2. The molecule has 2 N–H and O–H groups in total. The van der Waals surface area contributed by atoms with Crippen LogP contribution in [0.25, 0.3) is 0 Å². The summed E-state index contributed by atoms with van der Waals surface area (Å²) in [5.41, 5.74) is 3.64. The molecule has 0 saturated carbocycles. The molecule has 0 atom stereocenters. The van der Waals surface area contributed by atoms with Gasteiger partial charge in [0, 0.05) is 24.1 Å². The molecule has 0 aliphatic carbocycles. The SMILES string of the molecule is Cc1nccc(NCC2CCNCC2)c1C. The van der Waals surface area contributed by atoms with E-state index in [9.17, 15) is 0 Å². The molecule has 88 valence electrons. The smallest absolute Gasteiger partial charge is 0.0422 e. The van der Waals surface area contributed by atoms with Crippen LogP contribution in [0.4, 0.5) is 5.69 Å². The molecule has 0 spiro atoms. The van der Waals surface area contributed by atoms with Crippen molar-refractivity contribution < 1.29 is 0 Å². The summed E-state index contributed by atoms with van der Waals surface area (Å²) in [6.45, 7) is 7.62. The summed E-state index contributed by atoms with van der Waals surface area (Å²) in [6.07, 6.45) is 4.46. The Morgan fingerprint density at radius 1 is 1.38 bits per heavy atom. The molecule has 1 saturated heterocycles. The minimum atomic E-state index is 0.814. The molecule has 0 unspecified atom stereocenters. The Kier molecular flexibility index (Phi) is 3.78. The van der Waals surface area contributed by atoms with Gasteiger partial charge in [0.05, 0.1) is 0 Å². The van der Waals surface area contributed by atoms with Gasteiger partial charge in [0.2, 0.25) is 0 Å². The van der Waals surface area contributed by atoms with Gasteiger partial charge < -0.3 is 10.6 Å². The normalized spacial score (nSPS) is 17.4. The van der Waals surface area contributed by atoms with Crippen LogP contribution in [0.1, 0.15) is 24.1 Å². The van der Waals surface area contributed by atoms with Crippen molar-refractivity contribution >= 4 is 5.69 Å². The first-order valence-corrected chi connectivity index (χ1v) is 6.14. The number of aryl methyl sites for hydroxylation is 1. The highest BCUT2D eigenvalue weighted by Crippen LogP contribution is 2.18. The highest BCUT2D eigenvalue weighted by Gasteiger charge is 2.12. The van der Waals surface area contributed by atoms with Crippen LogP contribution in [0.3, 0.4) is 0 Å². The average molecular weight is 219 g/mol. The summed E-state index contributed by atoms with van der Waals surface area (Å²) in [4.78, 5) is 4.28. The molecule has 1 fully saturated rings. The Morgan fingerprint density at radius 2 is 2.12 bits per heavy atom. The molecule has 3 nitrogen and oxygen atoms in total. The largest absolute Gasteiger partial charge is 0.384 e. The van der Waals surface area contributed by atoms with Gasteiger partial charge in [-0.25, -0.2) is 0 Å². The molecule has 2 rings (SSSR count). The lowest BCUT2D eigenvalue weighted by Gasteiger charge is -2.23. The lowest BCUT2D eigenvalue weighted by molar-refractivity contribution is 0.390. The fourth-order valence-corrected chi connectivity index (χ4v) is 2.17. The standard InChI is InChI=1S/C13H21N3/c1-10-11(2)15-8-5-13(10)16-9-12-3-6-14-7-4-12/h5,8,12,14H,3-4,6-7,9H2,1-2H3,(H,15,16). The molecular weight excluding hydrogens is 198 g/mol. The van der Waals surface area contributed by atoms with E-state index in [1.165, 1.54) is 37.2 Å². The van der Waals surface area contributed by atoms with Gasteiger partial charge in [0.1, 0.15) is 0 Å². The van der Waals surface area contributed by atoms with Gasteiger partial charge in [-0.3, -0.25) is 4.98 Å². The van der Waals surface area contributed by atoms with Crippen LogP contribution in [0.2, 0.25) is 0 Å². The van der Waals surface area contributed by atoms with Crippen LogP contribution in [0, 0.1) is 19.8 Å². The second-order valence-electron chi connectivity index (χ2n) is 4.64. The van der Waals surface area contributed by atoms with Crippen LogP contribution in [-0.2, 0) is 0 Å². The second kappa shape index (κ2) is 5.30. The third-order valence-electron chi connectivity index (χ3n) is 3.50. The van der Waals surface area contributed by atoms with Gasteiger partial charge in [-0.2, -0.15) is 0 Å². The summed E-state index contributed by atoms with van der Waals surface area (Å²) in [7, 11) is 0. The minimum Gasteiger partial charge on any atom is -0.384 e. The van der Waals surface area contributed by atoms with E-state index in [0.717, 1.165) is 18.2 Å². The zero-order valence-corrected chi connectivity index (χ0v) is 10.2. The van der Waals surface area contributed by atoms with Gasteiger partial charge in [-0.1, -0.05) is 0 Å². The van der Waals surface area contributed by atoms with Gasteiger partial charge >= 0.3 is 0 Å². The first-order valence-electron chi connectivity index (χ1n) is 6.14. The van der Waals surface area contributed by atoms with Crippen molar-refractivity contribution in [2.75, 3.05) is 25.0 Å². The predicted octanol–water partition coefficient (Wildman–Crippen LogP) is 2.11. The van der Waals surface area contributed by atoms with Crippen LogP contribution < -0.4 is 10.6 Å². The van der Waals surface area contributed by atoms with E-state index in [1.807, 2.05) is 6.20 Å².